The van der Waals surface area contributed by atoms with Gasteiger partial charge < -0.3 is 25.0 Å². The maximum absolute atomic E-state index is 13.9. The van der Waals surface area contributed by atoms with Gasteiger partial charge in [-0.25, -0.2) is 10.5 Å². The lowest BCUT2D eigenvalue weighted by Crippen LogP contribution is -2.24. The average Bonchev–Trinajstić information content (AvgIpc) is 3.11. The second-order valence-electron chi connectivity index (χ2n) is 11.0. The number of unbranched alkanes of at least 4 members (excludes halogenated alkanes) is 3. The Labute approximate surface area is 293 Å². The Morgan fingerprint density at radius 1 is 0.920 bits per heavy atom. The molecule has 3 aromatic carbocycles. The number of alkyl halides is 3. The quantitative estimate of drug-likeness (QED) is 0.0465. The molecule has 4 N–H and O–H groups in total. The summed E-state index contributed by atoms with van der Waals surface area (Å²) in [6.07, 6.45) is 1.28. The molecule has 0 atom stereocenters. The van der Waals surface area contributed by atoms with E-state index in [-0.39, 0.29) is 23.5 Å². The van der Waals surface area contributed by atoms with Crippen LogP contribution >= 0.6 is 11.9 Å². The van der Waals surface area contributed by atoms with E-state index in [1.807, 2.05) is 40.9 Å². The number of amides is 2. The van der Waals surface area contributed by atoms with Gasteiger partial charge in [0.15, 0.2) is 0 Å². The first-order valence-corrected chi connectivity index (χ1v) is 17.0. The van der Waals surface area contributed by atoms with Crippen LogP contribution in [-0.4, -0.2) is 48.7 Å². The normalized spacial score (nSPS) is 11.1. The number of nitrogens with one attached hydrogen (secondary N) is 4. The predicted octanol–water partition coefficient (Wildman–Crippen LogP) is 7.63. The van der Waals surface area contributed by atoms with Crippen LogP contribution in [0.3, 0.4) is 0 Å². The zero-order valence-electron chi connectivity index (χ0n) is 28.0. The van der Waals surface area contributed by atoms with Gasteiger partial charge >= 0.3 is 6.18 Å². The molecular weight excluding hydrogens is 671 g/mol. The number of nitrogens with zero attached hydrogens (tertiary/aromatic N) is 3. The van der Waals surface area contributed by atoms with Gasteiger partial charge in [0.1, 0.15) is 17.1 Å². The predicted molar refractivity (Wildman–Crippen MR) is 190 cm³/mol. The molecule has 4 aromatic rings. The van der Waals surface area contributed by atoms with Crippen molar-refractivity contribution in [2.75, 3.05) is 41.9 Å². The molecule has 266 valence electrons. The summed E-state index contributed by atoms with van der Waals surface area (Å²) in [6.45, 7) is 0.745. The van der Waals surface area contributed by atoms with Crippen molar-refractivity contribution in [3.63, 3.8) is 0 Å². The molecule has 0 saturated heterocycles. The molecule has 0 bridgehead atoms. The Bertz CT molecular complexity index is 1710. The minimum Gasteiger partial charge on any atom is -0.495 e. The maximum atomic E-state index is 13.9. The number of methoxy groups -OCH3 is 1. The van der Waals surface area contributed by atoms with Crippen molar-refractivity contribution >= 4 is 52.6 Å². The minimum atomic E-state index is -4.71. The summed E-state index contributed by atoms with van der Waals surface area (Å²) in [5.74, 6) is -0.750. The van der Waals surface area contributed by atoms with E-state index in [0.717, 1.165) is 24.8 Å². The van der Waals surface area contributed by atoms with Crippen molar-refractivity contribution in [2.24, 2.45) is 0 Å². The second kappa shape index (κ2) is 18.7. The molecule has 0 aliphatic carbocycles. The van der Waals surface area contributed by atoms with Gasteiger partial charge in [-0.05, 0) is 48.7 Å². The molecule has 1 aromatic heterocycles. The van der Waals surface area contributed by atoms with Gasteiger partial charge in [-0.3, -0.25) is 14.4 Å². The smallest absolute Gasteiger partial charge is 0.421 e. The number of hydrogen-bond acceptors (Lipinski definition) is 10. The molecular formula is C35H40F3N7O4S. The lowest BCUT2D eigenvalue weighted by atomic mass is 10.1. The number of benzene rings is 3. The molecule has 0 aliphatic rings. The topological polar surface area (TPSA) is 130 Å². The number of hydroxylamine groups is 1. The van der Waals surface area contributed by atoms with Crippen LogP contribution in [0, 0.1) is 0 Å². The molecule has 11 nitrogen and oxygen atoms in total. The monoisotopic (exact) mass is 711 g/mol. The van der Waals surface area contributed by atoms with Crippen LogP contribution in [0.1, 0.15) is 53.6 Å². The van der Waals surface area contributed by atoms with Gasteiger partial charge in [-0.1, -0.05) is 67.3 Å². The molecule has 0 spiro atoms. The highest BCUT2D eigenvalue weighted by molar-refractivity contribution is 7.99. The molecule has 0 saturated carbocycles. The number of anilines is 5. The molecule has 50 heavy (non-hydrogen) atoms. The van der Waals surface area contributed by atoms with Crippen LogP contribution in [0.15, 0.2) is 79.0 Å². The number of hydrogen-bond donors (Lipinski definition) is 4. The van der Waals surface area contributed by atoms with Gasteiger partial charge in [0.05, 0.1) is 30.8 Å². The van der Waals surface area contributed by atoms with Gasteiger partial charge in [-0.15, -0.1) is 0 Å². The first-order chi connectivity index (χ1) is 24.1. The summed E-state index contributed by atoms with van der Waals surface area (Å²) in [5.41, 5.74) is 4.18. The van der Waals surface area contributed by atoms with Crippen LogP contribution in [0.5, 0.6) is 5.75 Å². The van der Waals surface area contributed by atoms with E-state index in [1.54, 1.807) is 43.4 Å². The van der Waals surface area contributed by atoms with Crippen LogP contribution in [0.25, 0.3) is 0 Å². The molecule has 15 heteroatoms. The lowest BCUT2D eigenvalue weighted by Gasteiger charge is -2.21. The fraction of sp³-hybridized carbons (Fsp3) is 0.314. The molecule has 0 fully saturated rings. The summed E-state index contributed by atoms with van der Waals surface area (Å²) in [7, 11) is 3.22. The SMILES string of the molecule is COc1cc(C(=O)NCCCCCCC(=O)NOCc2ccccc2)ccc1Nc1ncc(C(F)(F)F)c(Nc2ccccc2N(C)SC)n1. The van der Waals surface area contributed by atoms with Gasteiger partial charge in [0.25, 0.3) is 5.91 Å². The zero-order valence-corrected chi connectivity index (χ0v) is 28.8. The van der Waals surface area contributed by atoms with E-state index in [0.29, 0.717) is 54.8 Å². The fourth-order valence-electron chi connectivity index (χ4n) is 4.77. The van der Waals surface area contributed by atoms with Crippen LogP contribution < -0.4 is 30.5 Å². The number of ether oxygens (including phenoxy) is 1. The zero-order chi connectivity index (χ0) is 35.9. The average molecular weight is 712 g/mol. The van der Waals surface area contributed by atoms with Crippen molar-refractivity contribution in [1.82, 2.24) is 20.8 Å². The minimum absolute atomic E-state index is 0.108. The molecule has 1 heterocycles. The van der Waals surface area contributed by atoms with Crippen molar-refractivity contribution in [3.8, 4) is 5.75 Å². The maximum Gasteiger partial charge on any atom is 0.421 e. The van der Waals surface area contributed by atoms with Crippen molar-refractivity contribution < 1.29 is 32.3 Å². The van der Waals surface area contributed by atoms with Crippen molar-refractivity contribution in [3.05, 3.63) is 95.7 Å². The van der Waals surface area contributed by atoms with Crippen LogP contribution in [0.4, 0.5) is 42.0 Å². The molecule has 4 rings (SSSR count). The number of carbonyl (C=O) groups is 2. The molecule has 2 amide bonds. The number of halogens is 3. The Morgan fingerprint density at radius 2 is 1.66 bits per heavy atom. The Balaban J connectivity index is 1.28. The first kappa shape index (κ1) is 37.8. The van der Waals surface area contributed by atoms with Gasteiger partial charge in [-0.2, -0.15) is 18.2 Å². The van der Waals surface area contributed by atoms with E-state index in [1.165, 1.54) is 25.1 Å². The Morgan fingerprint density at radius 3 is 2.40 bits per heavy atom. The highest BCUT2D eigenvalue weighted by Crippen LogP contribution is 2.38. The summed E-state index contributed by atoms with van der Waals surface area (Å²) in [5, 5.41) is 8.60. The molecule has 0 unspecified atom stereocenters. The number of rotatable bonds is 18. The summed E-state index contributed by atoms with van der Waals surface area (Å²) in [6, 6.07) is 21.1. The van der Waals surface area contributed by atoms with Crippen molar-refractivity contribution in [2.45, 2.75) is 44.9 Å². The third-order valence-electron chi connectivity index (χ3n) is 7.46. The fourth-order valence-corrected chi connectivity index (χ4v) is 5.13. The number of aromatic nitrogens is 2. The van der Waals surface area contributed by atoms with Gasteiger partial charge in [0.2, 0.25) is 11.9 Å². The first-order valence-electron chi connectivity index (χ1n) is 15.8. The van der Waals surface area contributed by atoms with Gasteiger partial charge in [0, 0.05) is 38.0 Å². The van der Waals surface area contributed by atoms with E-state index in [9.17, 15) is 22.8 Å². The van der Waals surface area contributed by atoms with E-state index in [2.05, 4.69) is 31.4 Å². The highest BCUT2D eigenvalue weighted by atomic mass is 32.2. The summed E-state index contributed by atoms with van der Waals surface area (Å²) >= 11 is 1.40. The second-order valence-corrected chi connectivity index (χ2v) is 11.9. The van der Waals surface area contributed by atoms with Crippen LogP contribution in [-0.2, 0) is 22.4 Å². The van der Waals surface area contributed by atoms with E-state index >= 15 is 0 Å². The number of carbonyl (C=O) groups excluding carboxylic acids is 2. The number of para-hydroxylation sites is 2. The summed E-state index contributed by atoms with van der Waals surface area (Å²) in [4.78, 5) is 38.1. The molecule has 0 aliphatic heterocycles. The largest absolute Gasteiger partial charge is 0.495 e. The Hall–Kier alpha value is -5.02. The molecule has 0 radical (unpaired) electrons. The van der Waals surface area contributed by atoms with E-state index < -0.39 is 17.6 Å². The highest BCUT2D eigenvalue weighted by Gasteiger charge is 2.35. The van der Waals surface area contributed by atoms with Crippen LogP contribution in [0.2, 0.25) is 0 Å². The van der Waals surface area contributed by atoms with Crippen molar-refractivity contribution in [1.29, 1.82) is 0 Å². The Kier molecular flexibility index (Phi) is 14.1. The third kappa shape index (κ3) is 11.3. The van der Waals surface area contributed by atoms with E-state index in [4.69, 9.17) is 9.57 Å². The third-order valence-corrected chi connectivity index (χ3v) is 8.20. The lowest BCUT2D eigenvalue weighted by molar-refractivity contribution is -0.137. The summed E-state index contributed by atoms with van der Waals surface area (Å²) < 4.78 is 49.0. The standard InChI is InChI=1S/C35H40F3N7O4S/c1-45(50-3)29-16-11-10-15-27(29)41-32-26(35(36,37)38)22-40-34(43-32)42-28-19-18-25(21-30(28)48-2)33(47)39-20-12-5-4-9-17-31(46)44-49-23-24-13-7-6-8-14-24/h6-8,10-11,13-16,18-19,21-22H,4-5,9,12,17,20,23H2,1-3H3,(H,39,47)(H,44,46)(H2,40,41,42,43).